The lowest BCUT2D eigenvalue weighted by Crippen LogP contribution is -2.27. The van der Waals surface area contributed by atoms with Crippen LogP contribution >= 0.6 is 0 Å². The molecule has 0 unspecified atom stereocenters. The number of ether oxygens (including phenoxy) is 2. The lowest BCUT2D eigenvalue weighted by Gasteiger charge is -2.20. The van der Waals surface area contributed by atoms with E-state index in [-0.39, 0.29) is 11.8 Å². The summed E-state index contributed by atoms with van der Waals surface area (Å²) in [7, 11) is 3.68. The number of aromatic nitrogens is 2. The van der Waals surface area contributed by atoms with Gasteiger partial charge in [0.05, 0.1) is 7.11 Å². The monoisotopic (exact) mass is 519 g/mol. The molecule has 198 valence electrons. The second-order valence-corrected chi connectivity index (χ2v) is 9.57. The van der Waals surface area contributed by atoms with Crippen LogP contribution in [0.4, 0.5) is 0 Å². The van der Waals surface area contributed by atoms with Crippen LogP contribution in [-0.2, 0) is 24.9 Å². The standard InChI is InChI=1S/C33H33N3O3/c1-36-22-29(27-13-6-7-14-30(27)36)28(21-33(37)35-19-17-26-12-8-9-18-34-26)25-15-16-31(38-2)32(20-25)39-23-24-10-4-3-5-11-24/h3-16,18,20,22,28H,17,19,21,23H2,1-2H3,(H,35,37)/t28-/m0/s1. The number of nitrogens with zero attached hydrogens (tertiary/aromatic N) is 2. The molecule has 0 radical (unpaired) electrons. The van der Waals surface area contributed by atoms with E-state index < -0.39 is 0 Å². The first-order valence-electron chi connectivity index (χ1n) is 13.2. The van der Waals surface area contributed by atoms with Crippen molar-refractivity contribution in [2.75, 3.05) is 13.7 Å². The zero-order valence-electron chi connectivity index (χ0n) is 22.3. The third kappa shape index (κ3) is 6.29. The highest BCUT2D eigenvalue weighted by molar-refractivity contribution is 5.86. The van der Waals surface area contributed by atoms with Crippen molar-refractivity contribution in [2.24, 2.45) is 7.05 Å². The number of pyridine rings is 1. The van der Waals surface area contributed by atoms with Gasteiger partial charge >= 0.3 is 0 Å². The number of nitrogens with one attached hydrogen (secondary N) is 1. The van der Waals surface area contributed by atoms with Gasteiger partial charge in [0.15, 0.2) is 11.5 Å². The molecule has 2 aromatic heterocycles. The number of carbonyl (C=O) groups is 1. The molecule has 39 heavy (non-hydrogen) atoms. The van der Waals surface area contributed by atoms with E-state index in [0.717, 1.165) is 33.3 Å². The summed E-state index contributed by atoms with van der Waals surface area (Å²) < 4.78 is 13.9. The normalized spacial score (nSPS) is 11.7. The van der Waals surface area contributed by atoms with Gasteiger partial charge in [-0.05, 0) is 47.0 Å². The number of hydrogen-bond donors (Lipinski definition) is 1. The predicted octanol–water partition coefficient (Wildman–Crippen LogP) is 6.04. The third-order valence-electron chi connectivity index (χ3n) is 6.95. The number of para-hydroxylation sites is 1. The van der Waals surface area contributed by atoms with E-state index in [0.29, 0.717) is 37.5 Å². The fraction of sp³-hybridized carbons (Fsp3) is 0.212. The topological polar surface area (TPSA) is 65.4 Å². The predicted molar refractivity (Wildman–Crippen MR) is 154 cm³/mol. The molecule has 3 aromatic carbocycles. The molecule has 5 aromatic rings. The van der Waals surface area contributed by atoms with Gasteiger partial charge in [-0.15, -0.1) is 0 Å². The van der Waals surface area contributed by atoms with Gasteiger partial charge in [-0.3, -0.25) is 9.78 Å². The molecule has 6 nitrogen and oxygen atoms in total. The van der Waals surface area contributed by atoms with E-state index in [4.69, 9.17) is 9.47 Å². The van der Waals surface area contributed by atoms with Crippen LogP contribution in [0, 0.1) is 0 Å². The average Bonchev–Trinajstić information content (AvgIpc) is 3.32. The zero-order valence-corrected chi connectivity index (χ0v) is 22.3. The number of rotatable bonds is 11. The Labute approximate surface area is 229 Å². The van der Waals surface area contributed by atoms with E-state index in [1.54, 1.807) is 13.3 Å². The van der Waals surface area contributed by atoms with Crippen LogP contribution in [0.5, 0.6) is 11.5 Å². The Morgan fingerprint density at radius 3 is 2.54 bits per heavy atom. The molecule has 0 fully saturated rings. The van der Waals surface area contributed by atoms with Crippen LogP contribution in [0.1, 0.15) is 34.7 Å². The van der Waals surface area contributed by atoms with Crippen molar-refractivity contribution >= 4 is 16.8 Å². The number of aryl methyl sites for hydroxylation is 1. The molecule has 6 heteroatoms. The molecule has 1 atom stereocenters. The summed E-state index contributed by atoms with van der Waals surface area (Å²) in [4.78, 5) is 17.6. The third-order valence-corrected chi connectivity index (χ3v) is 6.95. The summed E-state index contributed by atoms with van der Waals surface area (Å²) in [5.41, 5.74) is 5.26. The molecular formula is C33H33N3O3. The van der Waals surface area contributed by atoms with Gasteiger partial charge in [-0.2, -0.15) is 0 Å². The Morgan fingerprint density at radius 2 is 1.74 bits per heavy atom. The second kappa shape index (κ2) is 12.3. The highest BCUT2D eigenvalue weighted by Gasteiger charge is 2.24. The summed E-state index contributed by atoms with van der Waals surface area (Å²) in [6.45, 7) is 0.958. The van der Waals surface area contributed by atoms with E-state index >= 15 is 0 Å². The van der Waals surface area contributed by atoms with Gasteiger partial charge in [0.1, 0.15) is 6.61 Å². The fourth-order valence-corrected chi connectivity index (χ4v) is 4.95. The average molecular weight is 520 g/mol. The molecule has 1 amide bonds. The maximum Gasteiger partial charge on any atom is 0.220 e. The first-order chi connectivity index (χ1) is 19.1. The van der Waals surface area contributed by atoms with Crippen LogP contribution in [0.2, 0.25) is 0 Å². The van der Waals surface area contributed by atoms with E-state index in [1.807, 2.05) is 85.9 Å². The molecule has 0 saturated carbocycles. The number of hydrogen-bond acceptors (Lipinski definition) is 4. The number of methoxy groups -OCH3 is 1. The van der Waals surface area contributed by atoms with E-state index in [1.165, 1.54) is 0 Å². The molecule has 0 bridgehead atoms. The fourth-order valence-electron chi connectivity index (χ4n) is 4.95. The summed E-state index contributed by atoms with van der Waals surface area (Å²) in [6.07, 6.45) is 4.90. The first kappa shape index (κ1) is 26.0. The largest absolute Gasteiger partial charge is 0.493 e. The van der Waals surface area contributed by atoms with E-state index in [9.17, 15) is 4.79 Å². The molecule has 0 aliphatic rings. The maximum atomic E-state index is 13.3. The number of fused-ring (bicyclic) bond motifs is 1. The van der Waals surface area contributed by atoms with Crippen molar-refractivity contribution in [3.8, 4) is 11.5 Å². The smallest absolute Gasteiger partial charge is 0.220 e. The molecule has 0 spiro atoms. The second-order valence-electron chi connectivity index (χ2n) is 9.57. The number of amides is 1. The Balaban J connectivity index is 1.43. The highest BCUT2D eigenvalue weighted by Crippen LogP contribution is 2.38. The Kier molecular flexibility index (Phi) is 8.22. The quantitative estimate of drug-likeness (QED) is 0.231. The molecule has 0 saturated heterocycles. The SMILES string of the molecule is COc1ccc([C@H](CC(=O)NCCc2ccccn2)c2cn(C)c3ccccc23)cc1OCc1ccccc1. The van der Waals surface area contributed by atoms with Crippen molar-refractivity contribution in [1.82, 2.24) is 14.9 Å². The molecule has 5 rings (SSSR count). The van der Waals surface area contributed by atoms with Crippen molar-refractivity contribution in [1.29, 1.82) is 0 Å². The lowest BCUT2D eigenvalue weighted by molar-refractivity contribution is -0.121. The molecule has 0 aliphatic heterocycles. The summed E-state index contributed by atoms with van der Waals surface area (Å²) >= 11 is 0. The number of carbonyl (C=O) groups excluding carboxylic acids is 1. The number of benzene rings is 3. The zero-order chi connectivity index (χ0) is 27.0. The molecule has 2 heterocycles. The van der Waals surface area contributed by atoms with Crippen molar-refractivity contribution in [3.63, 3.8) is 0 Å². The van der Waals surface area contributed by atoms with Crippen LogP contribution in [-0.4, -0.2) is 29.1 Å². The maximum absolute atomic E-state index is 13.3. The van der Waals surface area contributed by atoms with Gasteiger partial charge in [0.2, 0.25) is 5.91 Å². The minimum atomic E-state index is -0.170. The molecular weight excluding hydrogens is 486 g/mol. The summed E-state index contributed by atoms with van der Waals surface area (Å²) in [5, 5.41) is 4.23. The summed E-state index contributed by atoms with van der Waals surface area (Å²) in [5.74, 6) is 1.13. The minimum absolute atomic E-state index is 0.00793. The Morgan fingerprint density at radius 1 is 0.949 bits per heavy atom. The lowest BCUT2D eigenvalue weighted by atomic mass is 9.87. The van der Waals surface area contributed by atoms with Gasteiger partial charge < -0.3 is 19.4 Å². The van der Waals surface area contributed by atoms with Gasteiger partial charge in [-0.1, -0.05) is 60.7 Å². The van der Waals surface area contributed by atoms with Gasteiger partial charge in [0, 0.05) is 61.3 Å². The van der Waals surface area contributed by atoms with Crippen molar-refractivity contribution < 1.29 is 14.3 Å². The first-order valence-corrected chi connectivity index (χ1v) is 13.2. The van der Waals surface area contributed by atoms with Crippen LogP contribution in [0.15, 0.2) is 103 Å². The molecule has 1 N–H and O–H groups in total. The Hall–Kier alpha value is -4.58. The highest BCUT2D eigenvalue weighted by atomic mass is 16.5. The van der Waals surface area contributed by atoms with Crippen LogP contribution in [0.25, 0.3) is 10.9 Å². The Bertz CT molecular complexity index is 1530. The minimum Gasteiger partial charge on any atom is -0.493 e. The molecule has 0 aliphatic carbocycles. The van der Waals surface area contributed by atoms with Crippen LogP contribution in [0.3, 0.4) is 0 Å². The van der Waals surface area contributed by atoms with Crippen molar-refractivity contribution in [3.05, 3.63) is 126 Å². The van der Waals surface area contributed by atoms with Crippen LogP contribution < -0.4 is 14.8 Å². The van der Waals surface area contributed by atoms with Crippen molar-refractivity contribution in [2.45, 2.75) is 25.4 Å². The summed E-state index contributed by atoms with van der Waals surface area (Å²) in [6, 6.07) is 30.1. The van der Waals surface area contributed by atoms with Gasteiger partial charge in [0.25, 0.3) is 0 Å². The van der Waals surface area contributed by atoms with E-state index in [2.05, 4.69) is 33.2 Å². The van der Waals surface area contributed by atoms with Gasteiger partial charge in [-0.25, -0.2) is 0 Å².